The fraction of sp³-hybridized carbons (Fsp3) is 0.444. The van der Waals surface area contributed by atoms with E-state index < -0.39 is 0 Å². The van der Waals surface area contributed by atoms with Gasteiger partial charge in [-0.2, -0.15) is 0 Å². The van der Waals surface area contributed by atoms with Gasteiger partial charge in [0.25, 0.3) is 5.56 Å². The van der Waals surface area contributed by atoms with Crippen LogP contribution in [0.2, 0.25) is 0 Å². The lowest BCUT2D eigenvalue weighted by molar-refractivity contribution is 0.525. The third kappa shape index (κ3) is 2.00. The standard InChI is InChI=1S/C9H13BrN2O/c1-6(5-11)12-7(2)8(10)3-4-9(12)13/h3-4,6H,5,11H2,1-2H3. The maximum Gasteiger partial charge on any atom is 0.251 e. The summed E-state index contributed by atoms with van der Waals surface area (Å²) in [4.78, 5) is 11.5. The van der Waals surface area contributed by atoms with Crippen molar-refractivity contribution in [2.24, 2.45) is 5.73 Å². The molecule has 0 aliphatic rings. The van der Waals surface area contributed by atoms with Crippen LogP contribution in [0.5, 0.6) is 0 Å². The van der Waals surface area contributed by atoms with Gasteiger partial charge in [0, 0.05) is 28.8 Å². The van der Waals surface area contributed by atoms with E-state index in [-0.39, 0.29) is 11.6 Å². The van der Waals surface area contributed by atoms with Crippen LogP contribution in [0.15, 0.2) is 21.4 Å². The summed E-state index contributed by atoms with van der Waals surface area (Å²) in [6, 6.07) is 3.35. The minimum Gasteiger partial charge on any atom is -0.328 e. The highest BCUT2D eigenvalue weighted by Crippen LogP contribution is 2.15. The number of nitrogens with two attached hydrogens (primary N) is 1. The first-order chi connectivity index (χ1) is 6.07. The molecule has 1 aromatic rings. The molecule has 1 rings (SSSR count). The molecule has 2 N–H and O–H groups in total. The average Bonchev–Trinajstić information content (AvgIpc) is 2.12. The molecule has 4 heteroatoms. The Morgan fingerprint density at radius 3 is 2.77 bits per heavy atom. The Kier molecular flexibility index (Phi) is 3.27. The van der Waals surface area contributed by atoms with Gasteiger partial charge in [0.05, 0.1) is 0 Å². The van der Waals surface area contributed by atoms with Crippen molar-refractivity contribution in [1.82, 2.24) is 4.57 Å². The van der Waals surface area contributed by atoms with E-state index in [1.807, 2.05) is 13.8 Å². The van der Waals surface area contributed by atoms with E-state index in [4.69, 9.17) is 5.73 Å². The van der Waals surface area contributed by atoms with Crippen LogP contribution < -0.4 is 11.3 Å². The van der Waals surface area contributed by atoms with Crippen molar-refractivity contribution >= 4 is 15.9 Å². The van der Waals surface area contributed by atoms with Gasteiger partial charge in [-0.25, -0.2) is 0 Å². The van der Waals surface area contributed by atoms with Crippen molar-refractivity contribution in [1.29, 1.82) is 0 Å². The molecule has 0 aromatic carbocycles. The number of rotatable bonds is 2. The van der Waals surface area contributed by atoms with Crippen molar-refractivity contribution in [3.8, 4) is 0 Å². The highest BCUT2D eigenvalue weighted by molar-refractivity contribution is 9.10. The lowest BCUT2D eigenvalue weighted by Gasteiger charge is -2.16. The van der Waals surface area contributed by atoms with Crippen LogP contribution in [0.25, 0.3) is 0 Å². The smallest absolute Gasteiger partial charge is 0.251 e. The summed E-state index contributed by atoms with van der Waals surface area (Å²) in [6.45, 7) is 4.30. The van der Waals surface area contributed by atoms with Gasteiger partial charge in [0.1, 0.15) is 0 Å². The quantitative estimate of drug-likeness (QED) is 0.856. The van der Waals surface area contributed by atoms with Crippen LogP contribution in [-0.4, -0.2) is 11.1 Å². The Morgan fingerprint density at radius 2 is 2.23 bits per heavy atom. The molecule has 72 valence electrons. The van der Waals surface area contributed by atoms with Gasteiger partial charge in [0.15, 0.2) is 0 Å². The monoisotopic (exact) mass is 244 g/mol. The van der Waals surface area contributed by atoms with Gasteiger partial charge in [-0.1, -0.05) is 0 Å². The van der Waals surface area contributed by atoms with Crippen LogP contribution in [0, 0.1) is 6.92 Å². The third-order valence-electron chi connectivity index (χ3n) is 2.10. The van der Waals surface area contributed by atoms with Crippen molar-refractivity contribution in [3.63, 3.8) is 0 Å². The predicted octanol–water partition coefficient (Wildman–Crippen LogP) is 1.44. The van der Waals surface area contributed by atoms with Gasteiger partial charge in [-0.3, -0.25) is 4.79 Å². The van der Waals surface area contributed by atoms with E-state index in [0.29, 0.717) is 6.54 Å². The molecule has 1 aromatic heterocycles. The van der Waals surface area contributed by atoms with Gasteiger partial charge in [0.2, 0.25) is 0 Å². The van der Waals surface area contributed by atoms with E-state index in [1.165, 1.54) is 0 Å². The SMILES string of the molecule is Cc1c(Br)ccc(=O)n1C(C)CN. The van der Waals surface area contributed by atoms with E-state index in [9.17, 15) is 4.79 Å². The van der Waals surface area contributed by atoms with Crippen LogP contribution in [0.1, 0.15) is 18.7 Å². The zero-order chi connectivity index (χ0) is 10.0. The summed E-state index contributed by atoms with van der Waals surface area (Å²) in [5.74, 6) is 0. The molecule has 3 nitrogen and oxygen atoms in total. The summed E-state index contributed by atoms with van der Waals surface area (Å²) in [7, 11) is 0. The maximum absolute atomic E-state index is 11.5. The Bertz CT molecular complexity index is 359. The third-order valence-corrected chi connectivity index (χ3v) is 2.94. The predicted molar refractivity (Wildman–Crippen MR) is 56.9 cm³/mol. The first-order valence-corrected chi connectivity index (χ1v) is 4.95. The van der Waals surface area contributed by atoms with E-state index in [2.05, 4.69) is 15.9 Å². The highest BCUT2D eigenvalue weighted by atomic mass is 79.9. The van der Waals surface area contributed by atoms with Crippen molar-refractivity contribution in [2.75, 3.05) is 6.54 Å². The fourth-order valence-electron chi connectivity index (χ4n) is 1.28. The fourth-order valence-corrected chi connectivity index (χ4v) is 1.60. The Morgan fingerprint density at radius 1 is 1.62 bits per heavy atom. The van der Waals surface area contributed by atoms with Gasteiger partial charge < -0.3 is 10.3 Å². The van der Waals surface area contributed by atoms with E-state index in [1.54, 1.807) is 16.7 Å². The Labute approximate surface area is 85.7 Å². The van der Waals surface area contributed by atoms with Gasteiger partial charge in [-0.15, -0.1) is 0 Å². The lowest BCUT2D eigenvalue weighted by atomic mass is 10.2. The number of hydrogen-bond donors (Lipinski definition) is 1. The summed E-state index contributed by atoms with van der Waals surface area (Å²) in [5, 5.41) is 0. The molecular formula is C9H13BrN2O. The molecule has 0 aliphatic carbocycles. The zero-order valence-electron chi connectivity index (χ0n) is 7.75. The molecule has 1 heterocycles. The van der Waals surface area contributed by atoms with Crippen LogP contribution in [0.4, 0.5) is 0 Å². The van der Waals surface area contributed by atoms with Gasteiger partial charge in [-0.05, 0) is 35.8 Å². The van der Waals surface area contributed by atoms with E-state index >= 15 is 0 Å². The molecule has 1 unspecified atom stereocenters. The molecular weight excluding hydrogens is 232 g/mol. The average molecular weight is 245 g/mol. The number of pyridine rings is 1. The maximum atomic E-state index is 11.5. The summed E-state index contributed by atoms with van der Waals surface area (Å²) >= 11 is 3.38. The molecule has 0 saturated carbocycles. The number of nitrogens with zero attached hydrogens (tertiary/aromatic N) is 1. The largest absolute Gasteiger partial charge is 0.328 e. The normalized spacial score (nSPS) is 12.9. The zero-order valence-corrected chi connectivity index (χ0v) is 9.34. The van der Waals surface area contributed by atoms with Gasteiger partial charge >= 0.3 is 0 Å². The van der Waals surface area contributed by atoms with Crippen LogP contribution >= 0.6 is 15.9 Å². The molecule has 0 fully saturated rings. The minimum absolute atomic E-state index is 0.00125. The minimum atomic E-state index is -0.00125. The molecule has 0 amide bonds. The second-order valence-corrected chi connectivity index (χ2v) is 3.91. The lowest BCUT2D eigenvalue weighted by Crippen LogP contribution is -2.29. The molecule has 0 aliphatic heterocycles. The molecule has 13 heavy (non-hydrogen) atoms. The number of halogens is 1. The van der Waals surface area contributed by atoms with Crippen molar-refractivity contribution in [2.45, 2.75) is 19.9 Å². The molecule has 0 radical (unpaired) electrons. The second-order valence-electron chi connectivity index (χ2n) is 3.06. The number of hydrogen-bond acceptors (Lipinski definition) is 2. The van der Waals surface area contributed by atoms with Crippen LogP contribution in [0.3, 0.4) is 0 Å². The first kappa shape index (κ1) is 10.5. The summed E-state index contributed by atoms with van der Waals surface area (Å²) < 4.78 is 2.64. The highest BCUT2D eigenvalue weighted by Gasteiger charge is 2.08. The van der Waals surface area contributed by atoms with Crippen LogP contribution in [-0.2, 0) is 0 Å². The van der Waals surface area contributed by atoms with E-state index in [0.717, 1.165) is 10.2 Å². The molecule has 1 atom stereocenters. The first-order valence-electron chi connectivity index (χ1n) is 4.15. The van der Waals surface area contributed by atoms with Crippen molar-refractivity contribution < 1.29 is 0 Å². The second kappa shape index (κ2) is 4.07. The Balaban J connectivity index is 3.33. The number of aromatic nitrogens is 1. The summed E-state index contributed by atoms with van der Waals surface area (Å²) in [5.41, 5.74) is 6.44. The Hall–Kier alpha value is -0.610. The molecule has 0 spiro atoms. The molecule has 0 bridgehead atoms. The molecule has 0 saturated heterocycles. The summed E-state index contributed by atoms with van der Waals surface area (Å²) in [6.07, 6.45) is 0. The van der Waals surface area contributed by atoms with Crippen molar-refractivity contribution in [3.05, 3.63) is 32.7 Å². The topological polar surface area (TPSA) is 48.0 Å².